The first-order valence-electron chi connectivity index (χ1n) is 5.60. The van der Waals surface area contributed by atoms with Gasteiger partial charge >= 0.3 is 6.18 Å². The molecule has 0 aromatic carbocycles. The number of halogens is 3. The van der Waals surface area contributed by atoms with Gasteiger partial charge in [0.05, 0.1) is 5.69 Å². The highest BCUT2D eigenvalue weighted by Gasteiger charge is 2.36. The predicted molar refractivity (Wildman–Crippen MR) is 59.9 cm³/mol. The highest BCUT2D eigenvalue weighted by molar-refractivity contribution is 5.30. The van der Waals surface area contributed by atoms with Gasteiger partial charge in [0.1, 0.15) is 0 Å². The molecule has 0 aliphatic heterocycles. The molecule has 0 fully saturated rings. The molecule has 5 heteroatoms. The van der Waals surface area contributed by atoms with Gasteiger partial charge in [0.25, 0.3) is 0 Å². The van der Waals surface area contributed by atoms with Gasteiger partial charge in [-0.2, -0.15) is 13.2 Å². The van der Waals surface area contributed by atoms with E-state index in [2.05, 4.69) is 9.97 Å². The monoisotopic (exact) mass is 246 g/mol. The lowest BCUT2D eigenvalue weighted by molar-refractivity contribution is -0.145. The number of aryl methyl sites for hydroxylation is 1. The summed E-state index contributed by atoms with van der Waals surface area (Å²) in [5.41, 5.74) is 1.75. The highest BCUT2D eigenvalue weighted by Crippen LogP contribution is 2.32. The third-order valence-electron chi connectivity index (χ3n) is 2.54. The first kappa shape index (κ1) is 13.9. The SMILES string of the molecule is Cc1nc(C(F)(F)F)nc(C(C)C)c1C(C)C. The van der Waals surface area contributed by atoms with E-state index >= 15 is 0 Å². The van der Waals surface area contributed by atoms with Gasteiger partial charge in [-0.15, -0.1) is 0 Å². The largest absolute Gasteiger partial charge is 0.451 e. The predicted octanol–water partition coefficient (Wildman–Crippen LogP) is 4.05. The van der Waals surface area contributed by atoms with Crippen molar-refractivity contribution in [1.82, 2.24) is 9.97 Å². The van der Waals surface area contributed by atoms with Crippen LogP contribution in [-0.4, -0.2) is 9.97 Å². The fourth-order valence-electron chi connectivity index (χ4n) is 1.88. The van der Waals surface area contributed by atoms with Gasteiger partial charge in [0, 0.05) is 5.69 Å². The van der Waals surface area contributed by atoms with Gasteiger partial charge in [-0.3, -0.25) is 0 Å². The summed E-state index contributed by atoms with van der Waals surface area (Å²) in [5, 5.41) is 0. The topological polar surface area (TPSA) is 25.8 Å². The minimum absolute atomic E-state index is 0.0461. The molecule has 0 N–H and O–H groups in total. The summed E-state index contributed by atoms with van der Waals surface area (Å²) >= 11 is 0. The van der Waals surface area contributed by atoms with Crippen molar-refractivity contribution in [3.63, 3.8) is 0 Å². The van der Waals surface area contributed by atoms with Gasteiger partial charge in [-0.05, 0) is 24.3 Å². The number of alkyl halides is 3. The number of hydrogen-bond donors (Lipinski definition) is 0. The van der Waals surface area contributed by atoms with Crippen LogP contribution >= 0.6 is 0 Å². The zero-order valence-electron chi connectivity index (χ0n) is 10.7. The fourth-order valence-corrected chi connectivity index (χ4v) is 1.88. The number of hydrogen-bond acceptors (Lipinski definition) is 2. The summed E-state index contributed by atoms with van der Waals surface area (Å²) in [7, 11) is 0. The van der Waals surface area contributed by atoms with Crippen LogP contribution in [-0.2, 0) is 6.18 Å². The van der Waals surface area contributed by atoms with Crippen LogP contribution in [0.15, 0.2) is 0 Å². The van der Waals surface area contributed by atoms with E-state index in [9.17, 15) is 13.2 Å². The average Bonchev–Trinajstić information content (AvgIpc) is 2.13. The number of rotatable bonds is 2. The maximum Gasteiger partial charge on any atom is 0.451 e. The van der Waals surface area contributed by atoms with Gasteiger partial charge in [0.2, 0.25) is 5.82 Å². The Morgan fingerprint density at radius 2 is 1.47 bits per heavy atom. The van der Waals surface area contributed by atoms with Crippen LogP contribution in [0.25, 0.3) is 0 Å². The lowest BCUT2D eigenvalue weighted by atomic mass is 9.94. The molecule has 1 aromatic rings. The van der Waals surface area contributed by atoms with E-state index in [4.69, 9.17) is 0 Å². The molecule has 0 amide bonds. The molecular formula is C12H17F3N2. The summed E-state index contributed by atoms with van der Waals surface area (Å²) in [6.45, 7) is 9.16. The van der Waals surface area contributed by atoms with Crippen LogP contribution in [0, 0.1) is 6.92 Å². The maximum atomic E-state index is 12.6. The molecule has 0 bridgehead atoms. The third-order valence-corrected chi connectivity index (χ3v) is 2.54. The summed E-state index contributed by atoms with van der Waals surface area (Å²) in [6, 6.07) is 0. The van der Waals surface area contributed by atoms with E-state index in [-0.39, 0.29) is 11.8 Å². The summed E-state index contributed by atoms with van der Waals surface area (Å²) < 4.78 is 37.9. The second-order valence-electron chi connectivity index (χ2n) is 4.74. The van der Waals surface area contributed by atoms with Crippen molar-refractivity contribution in [2.24, 2.45) is 0 Å². The number of nitrogens with zero attached hydrogens (tertiary/aromatic N) is 2. The zero-order chi connectivity index (χ0) is 13.4. The van der Waals surface area contributed by atoms with Crippen LogP contribution in [0.3, 0.4) is 0 Å². The molecule has 0 aliphatic carbocycles. The van der Waals surface area contributed by atoms with Crippen LogP contribution < -0.4 is 0 Å². The summed E-state index contributed by atoms with van der Waals surface area (Å²) in [4.78, 5) is 7.26. The van der Waals surface area contributed by atoms with Crippen LogP contribution in [0.4, 0.5) is 13.2 Å². The molecule has 0 unspecified atom stereocenters. The van der Waals surface area contributed by atoms with Crippen molar-refractivity contribution >= 4 is 0 Å². The Labute approximate surface area is 99.3 Å². The standard InChI is InChI=1S/C12H17F3N2/c1-6(2)9-8(5)16-11(12(13,14)15)17-10(9)7(3)4/h6-7H,1-5H3. The first-order chi connectivity index (χ1) is 7.64. The third kappa shape index (κ3) is 2.96. The summed E-state index contributed by atoms with van der Waals surface area (Å²) in [5.74, 6) is -0.965. The van der Waals surface area contributed by atoms with Crippen LogP contribution in [0.5, 0.6) is 0 Å². The van der Waals surface area contributed by atoms with E-state index in [1.807, 2.05) is 27.7 Å². The second-order valence-corrected chi connectivity index (χ2v) is 4.74. The van der Waals surface area contributed by atoms with Crippen molar-refractivity contribution in [1.29, 1.82) is 0 Å². The van der Waals surface area contributed by atoms with E-state index in [1.54, 1.807) is 6.92 Å². The Morgan fingerprint density at radius 1 is 0.941 bits per heavy atom. The highest BCUT2D eigenvalue weighted by atomic mass is 19.4. The molecule has 0 spiro atoms. The van der Waals surface area contributed by atoms with Crippen molar-refractivity contribution in [3.8, 4) is 0 Å². The van der Waals surface area contributed by atoms with E-state index < -0.39 is 12.0 Å². The fraction of sp³-hybridized carbons (Fsp3) is 0.667. The Morgan fingerprint density at radius 3 is 1.82 bits per heavy atom. The molecule has 0 atom stereocenters. The first-order valence-corrected chi connectivity index (χ1v) is 5.60. The van der Waals surface area contributed by atoms with Gasteiger partial charge < -0.3 is 0 Å². The second kappa shape index (κ2) is 4.63. The minimum Gasteiger partial charge on any atom is -0.229 e. The van der Waals surface area contributed by atoms with Crippen LogP contribution in [0.2, 0.25) is 0 Å². The molecule has 96 valence electrons. The Hall–Kier alpha value is -1.13. The molecule has 1 heterocycles. The van der Waals surface area contributed by atoms with E-state index in [1.165, 1.54) is 0 Å². The summed E-state index contributed by atoms with van der Waals surface area (Å²) in [6.07, 6.45) is -4.48. The molecule has 0 radical (unpaired) electrons. The molecular weight excluding hydrogens is 229 g/mol. The molecule has 1 rings (SSSR count). The smallest absolute Gasteiger partial charge is 0.229 e. The van der Waals surface area contributed by atoms with Crippen LogP contribution in [0.1, 0.15) is 62.3 Å². The number of aromatic nitrogens is 2. The van der Waals surface area contributed by atoms with Gasteiger partial charge in [-0.1, -0.05) is 27.7 Å². The zero-order valence-corrected chi connectivity index (χ0v) is 10.7. The van der Waals surface area contributed by atoms with Crippen molar-refractivity contribution in [3.05, 3.63) is 22.8 Å². The molecule has 0 saturated carbocycles. The van der Waals surface area contributed by atoms with Crippen molar-refractivity contribution in [2.75, 3.05) is 0 Å². The maximum absolute atomic E-state index is 12.6. The molecule has 0 saturated heterocycles. The van der Waals surface area contributed by atoms with Crippen molar-refractivity contribution < 1.29 is 13.2 Å². The molecule has 2 nitrogen and oxygen atoms in total. The van der Waals surface area contributed by atoms with Gasteiger partial charge in [0.15, 0.2) is 0 Å². The Balaban J connectivity index is 3.47. The van der Waals surface area contributed by atoms with E-state index in [0.29, 0.717) is 11.4 Å². The quantitative estimate of drug-likeness (QED) is 0.786. The Kier molecular flexibility index (Phi) is 3.79. The molecule has 1 aromatic heterocycles. The average molecular weight is 246 g/mol. The minimum atomic E-state index is -4.48. The van der Waals surface area contributed by atoms with E-state index in [0.717, 1.165) is 5.56 Å². The molecule has 0 aliphatic rings. The lowest BCUT2D eigenvalue weighted by Crippen LogP contribution is -2.17. The van der Waals surface area contributed by atoms with Gasteiger partial charge in [-0.25, -0.2) is 9.97 Å². The van der Waals surface area contributed by atoms with Crippen molar-refractivity contribution in [2.45, 2.75) is 52.6 Å². The normalized spacial score (nSPS) is 12.6. The Bertz CT molecular complexity index is 409. The molecule has 17 heavy (non-hydrogen) atoms. The lowest BCUT2D eigenvalue weighted by Gasteiger charge is -2.19.